The van der Waals surface area contributed by atoms with Crippen LogP contribution in [0.3, 0.4) is 0 Å². The zero-order valence-electron chi connectivity index (χ0n) is 8.82. The van der Waals surface area contributed by atoms with Gasteiger partial charge in [0.2, 0.25) is 0 Å². The number of anilines is 2. The highest BCUT2D eigenvalue weighted by atomic mass is 79.9. The summed E-state index contributed by atoms with van der Waals surface area (Å²) in [6, 6.07) is 6.25. The maximum absolute atomic E-state index is 12.7. The van der Waals surface area contributed by atoms with E-state index in [1.54, 1.807) is 12.1 Å². The molecule has 4 nitrogen and oxygen atoms in total. The van der Waals surface area contributed by atoms with Crippen molar-refractivity contribution in [1.82, 2.24) is 9.97 Å². The highest BCUT2D eigenvalue weighted by Crippen LogP contribution is 2.24. The minimum absolute atomic E-state index is 0.249. The van der Waals surface area contributed by atoms with Gasteiger partial charge in [0.05, 0.1) is 0 Å². The Morgan fingerprint density at radius 2 is 1.94 bits per heavy atom. The lowest BCUT2D eigenvalue weighted by Crippen LogP contribution is -2.04. The summed E-state index contributed by atoms with van der Waals surface area (Å²) >= 11 is 3.29. The van der Waals surface area contributed by atoms with E-state index in [9.17, 15) is 4.39 Å². The zero-order valence-corrected chi connectivity index (χ0v) is 10.4. The third-order valence-electron chi connectivity index (χ3n) is 2.19. The van der Waals surface area contributed by atoms with Gasteiger partial charge in [-0.25, -0.2) is 14.4 Å². The van der Waals surface area contributed by atoms with Crippen molar-refractivity contribution in [3.05, 3.63) is 46.4 Å². The second-order valence-electron chi connectivity index (χ2n) is 3.40. The molecular formula is C11H10BrFN4. The SMILES string of the molecule is Nc1ncnc(NCc2ccc(F)cc2)c1Br. The van der Waals surface area contributed by atoms with Crippen molar-refractivity contribution in [1.29, 1.82) is 0 Å². The van der Waals surface area contributed by atoms with E-state index in [2.05, 4.69) is 31.2 Å². The molecule has 1 aromatic heterocycles. The Morgan fingerprint density at radius 1 is 1.24 bits per heavy atom. The lowest BCUT2D eigenvalue weighted by Gasteiger charge is -2.08. The van der Waals surface area contributed by atoms with E-state index in [4.69, 9.17) is 5.73 Å². The van der Waals surface area contributed by atoms with E-state index in [0.717, 1.165) is 5.56 Å². The number of nitrogen functional groups attached to an aromatic ring is 1. The molecule has 1 heterocycles. The highest BCUT2D eigenvalue weighted by molar-refractivity contribution is 9.10. The van der Waals surface area contributed by atoms with Gasteiger partial charge in [-0.05, 0) is 33.6 Å². The lowest BCUT2D eigenvalue weighted by atomic mass is 10.2. The quantitative estimate of drug-likeness (QED) is 0.914. The number of hydrogen-bond acceptors (Lipinski definition) is 4. The van der Waals surface area contributed by atoms with E-state index in [1.165, 1.54) is 18.5 Å². The first-order chi connectivity index (χ1) is 8.16. The van der Waals surface area contributed by atoms with Crippen LogP contribution >= 0.6 is 15.9 Å². The maximum atomic E-state index is 12.7. The molecule has 0 aliphatic rings. The van der Waals surface area contributed by atoms with Crippen molar-refractivity contribution in [3.63, 3.8) is 0 Å². The lowest BCUT2D eigenvalue weighted by molar-refractivity contribution is 0.627. The molecule has 6 heteroatoms. The molecule has 0 saturated carbocycles. The van der Waals surface area contributed by atoms with E-state index in [-0.39, 0.29) is 5.82 Å². The molecule has 0 atom stereocenters. The fourth-order valence-corrected chi connectivity index (χ4v) is 1.64. The maximum Gasteiger partial charge on any atom is 0.146 e. The molecule has 0 unspecified atom stereocenters. The molecule has 17 heavy (non-hydrogen) atoms. The second-order valence-corrected chi connectivity index (χ2v) is 4.19. The van der Waals surface area contributed by atoms with E-state index < -0.39 is 0 Å². The number of nitrogens with two attached hydrogens (primary N) is 1. The van der Waals surface area contributed by atoms with Gasteiger partial charge >= 0.3 is 0 Å². The molecule has 2 rings (SSSR count). The smallest absolute Gasteiger partial charge is 0.146 e. The number of benzene rings is 1. The molecule has 0 saturated heterocycles. The van der Waals surface area contributed by atoms with Gasteiger partial charge in [0.15, 0.2) is 0 Å². The summed E-state index contributed by atoms with van der Waals surface area (Å²) in [4.78, 5) is 7.88. The predicted molar refractivity (Wildman–Crippen MR) is 67.9 cm³/mol. The molecule has 0 aliphatic carbocycles. The number of halogens is 2. The Labute approximate surface area is 106 Å². The van der Waals surface area contributed by atoms with Crippen LogP contribution in [0.25, 0.3) is 0 Å². The summed E-state index contributed by atoms with van der Waals surface area (Å²) in [6.07, 6.45) is 1.38. The first kappa shape index (κ1) is 11.8. The molecule has 3 N–H and O–H groups in total. The summed E-state index contributed by atoms with van der Waals surface area (Å²) < 4.78 is 13.3. The molecular weight excluding hydrogens is 287 g/mol. The summed E-state index contributed by atoms with van der Waals surface area (Å²) in [5.41, 5.74) is 6.58. The Kier molecular flexibility index (Phi) is 3.53. The van der Waals surface area contributed by atoms with Gasteiger partial charge in [-0.3, -0.25) is 0 Å². The molecule has 88 valence electrons. The molecule has 0 fully saturated rings. The van der Waals surface area contributed by atoms with Gasteiger partial charge in [-0.2, -0.15) is 0 Å². The van der Waals surface area contributed by atoms with Gasteiger partial charge in [0.25, 0.3) is 0 Å². The van der Waals surface area contributed by atoms with Crippen LogP contribution in [-0.4, -0.2) is 9.97 Å². The predicted octanol–water partition coefficient (Wildman–Crippen LogP) is 2.57. The van der Waals surface area contributed by atoms with Crippen LogP contribution in [0, 0.1) is 5.82 Å². The summed E-state index contributed by atoms with van der Waals surface area (Å²) in [7, 11) is 0. The van der Waals surface area contributed by atoms with Crippen molar-refractivity contribution in [2.24, 2.45) is 0 Å². The van der Waals surface area contributed by atoms with Crippen molar-refractivity contribution < 1.29 is 4.39 Å². The Morgan fingerprint density at radius 3 is 2.65 bits per heavy atom. The number of aromatic nitrogens is 2. The molecule has 0 amide bonds. The largest absolute Gasteiger partial charge is 0.383 e. The van der Waals surface area contributed by atoms with E-state index in [0.29, 0.717) is 22.7 Å². The van der Waals surface area contributed by atoms with Crippen LogP contribution in [0.5, 0.6) is 0 Å². The minimum Gasteiger partial charge on any atom is -0.383 e. The fraction of sp³-hybridized carbons (Fsp3) is 0.0909. The Hall–Kier alpha value is -1.69. The molecule has 1 aromatic carbocycles. The summed E-state index contributed by atoms with van der Waals surface area (Å²) in [6.45, 7) is 0.537. The Bertz CT molecular complexity index is 515. The number of hydrogen-bond donors (Lipinski definition) is 2. The summed E-state index contributed by atoms with van der Waals surface area (Å²) in [5, 5.41) is 3.09. The van der Waals surface area contributed by atoms with Gasteiger partial charge < -0.3 is 11.1 Å². The van der Waals surface area contributed by atoms with Crippen LogP contribution in [0.2, 0.25) is 0 Å². The topological polar surface area (TPSA) is 63.8 Å². The fourth-order valence-electron chi connectivity index (χ4n) is 1.29. The molecule has 0 spiro atoms. The first-order valence-electron chi connectivity index (χ1n) is 4.91. The molecule has 2 aromatic rings. The van der Waals surface area contributed by atoms with Gasteiger partial charge in [-0.15, -0.1) is 0 Å². The monoisotopic (exact) mass is 296 g/mol. The number of rotatable bonds is 3. The van der Waals surface area contributed by atoms with Crippen molar-refractivity contribution in [2.75, 3.05) is 11.1 Å². The molecule has 0 aliphatic heterocycles. The van der Waals surface area contributed by atoms with Crippen LogP contribution in [-0.2, 0) is 6.54 Å². The van der Waals surface area contributed by atoms with Crippen molar-refractivity contribution >= 4 is 27.6 Å². The molecule has 0 bridgehead atoms. The summed E-state index contributed by atoms with van der Waals surface area (Å²) in [5.74, 6) is 0.740. The zero-order chi connectivity index (χ0) is 12.3. The average Bonchev–Trinajstić information content (AvgIpc) is 2.33. The van der Waals surface area contributed by atoms with Crippen LogP contribution in [0.15, 0.2) is 35.1 Å². The highest BCUT2D eigenvalue weighted by Gasteiger charge is 2.05. The van der Waals surface area contributed by atoms with Gasteiger partial charge in [-0.1, -0.05) is 12.1 Å². The third kappa shape index (κ3) is 2.91. The number of nitrogens with zero attached hydrogens (tertiary/aromatic N) is 2. The standard InChI is InChI=1S/C11H10BrFN4/c12-9-10(14)16-6-17-11(9)15-5-7-1-3-8(13)4-2-7/h1-4,6H,5H2,(H3,14,15,16,17). The van der Waals surface area contributed by atoms with Crippen LogP contribution in [0.4, 0.5) is 16.0 Å². The van der Waals surface area contributed by atoms with E-state index >= 15 is 0 Å². The third-order valence-corrected chi connectivity index (χ3v) is 2.97. The van der Waals surface area contributed by atoms with Gasteiger partial charge in [0, 0.05) is 6.54 Å². The average molecular weight is 297 g/mol. The van der Waals surface area contributed by atoms with Crippen LogP contribution in [0.1, 0.15) is 5.56 Å². The minimum atomic E-state index is -0.249. The van der Waals surface area contributed by atoms with Gasteiger partial charge in [0.1, 0.15) is 28.3 Å². The van der Waals surface area contributed by atoms with Crippen molar-refractivity contribution in [2.45, 2.75) is 6.54 Å². The number of nitrogens with one attached hydrogen (secondary N) is 1. The molecule has 0 radical (unpaired) electrons. The normalized spacial score (nSPS) is 10.2. The first-order valence-corrected chi connectivity index (χ1v) is 5.70. The second kappa shape index (κ2) is 5.09. The Balaban J connectivity index is 2.07. The van der Waals surface area contributed by atoms with Crippen LogP contribution < -0.4 is 11.1 Å². The van der Waals surface area contributed by atoms with E-state index in [1.807, 2.05) is 0 Å². The van der Waals surface area contributed by atoms with Crippen molar-refractivity contribution in [3.8, 4) is 0 Å².